The number of para-hydroxylation sites is 1. The first kappa shape index (κ1) is 17.2. The molecule has 0 amide bonds. The van der Waals surface area contributed by atoms with E-state index in [1.165, 1.54) is 5.56 Å². The van der Waals surface area contributed by atoms with E-state index in [9.17, 15) is 5.26 Å². The van der Waals surface area contributed by atoms with Gasteiger partial charge < -0.3 is 16.2 Å². The first-order chi connectivity index (χ1) is 12.5. The van der Waals surface area contributed by atoms with Crippen LogP contribution in [0.1, 0.15) is 30.9 Å². The average molecular weight is 345 g/mol. The van der Waals surface area contributed by atoms with Crippen LogP contribution in [0.2, 0.25) is 0 Å². The summed E-state index contributed by atoms with van der Waals surface area (Å²) in [6.45, 7) is 4.27. The zero-order chi connectivity index (χ0) is 18.7. The lowest BCUT2D eigenvalue weighted by Crippen LogP contribution is -2.05. The molecule has 0 atom stereocenters. The summed E-state index contributed by atoms with van der Waals surface area (Å²) in [6.07, 6.45) is 0. The summed E-state index contributed by atoms with van der Waals surface area (Å²) in [5.74, 6) is 1.74. The lowest BCUT2D eigenvalue weighted by atomic mass is 10.0. The summed E-state index contributed by atoms with van der Waals surface area (Å²) >= 11 is 0. The number of benzene rings is 2. The van der Waals surface area contributed by atoms with E-state index >= 15 is 0 Å². The van der Waals surface area contributed by atoms with Crippen LogP contribution >= 0.6 is 0 Å². The Balaban J connectivity index is 2.04. The predicted octanol–water partition coefficient (Wildman–Crippen LogP) is 4.10. The molecule has 0 aliphatic rings. The number of anilines is 2. The van der Waals surface area contributed by atoms with Crippen LogP contribution < -0.4 is 16.2 Å². The molecule has 130 valence electrons. The maximum atomic E-state index is 9.42. The molecule has 0 saturated heterocycles. The van der Waals surface area contributed by atoms with Crippen LogP contribution in [0.5, 0.6) is 11.5 Å². The SMILES string of the molecule is CC(C)c1ccc(Oc2ccccc2-c2nc(N)nc(N)c2C#N)cc1. The van der Waals surface area contributed by atoms with Crippen LogP contribution in [-0.4, -0.2) is 9.97 Å². The van der Waals surface area contributed by atoms with Crippen molar-refractivity contribution in [2.24, 2.45) is 0 Å². The molecule has 1 heterocycles. The summed E-state index contributed by atoms with van der Waals surface area (Å²) in [4.78, 5) is 8.05. The highest BCUT2D eigenvalue weighted by molar-refractivity contribution is 5.77. The largest absolute Gasteiger partial charge is 0.457 e. The monoisotopic (exact) mass is 345 g/mol. The van der Waals surface area contributed by atoms with Gasteiger partial charge in [0.15, 0.2) is 0 Å². The van der Waals surface area contributed by atoms with Gasteiger partial charge in [0.1, 0.15) is 28.9 Å². The number of nitriles is 1. The van der Waals surface area contributed by atoms with Crippen molar-refractivity contribution in [3.8, 4) is 28.8 Å². The van der Waals surface area contributed by atoms with Crippen molar-refractivity contribution < 1.29 is 4.74 Å². The fraction of sp³-hybridized carbons (Fsp3) is 0.150. The number of ether oxygens (including phenoxy) is 1. The van der Waals surface area contributed by atoms with Gasteiger partial charge in [0.25, 0.3) is 0 Å². The molecule has 3 rings (SSSR count). The third-order valence-electron chi connectivity index (χ3n) is 3.98. The first-order valence-corrected chi connectivity index (χ1v) is 8.20. The van der Waals surface area contributed by atoms with E-state index in [1.807, 2.05) is 42.5 Å². The molecule has 0 saturated carbocycles. The Kier molecular flexibility index (Phi) is 4.72. The molecule has 0 radical (unpaired) electrons. The molecule has 0 fully saturated rings. The smallest absolute Gasteiger partial charge is 0.222 e. The average Bonchev–Trinajstić information content (AvgIpc) is 2.62. The Morgan fingerprint density at radius 3 is 2.35 bits per heavy atom. The predicted molar refractivity (Wildman–Crippen MR) is 102 cm³/mol. The van der Waals surface area contributed by atoms with Gasteiger partial charge in [-0.3, -0.25) is 0 Å². The van der Waals surface area contributed by atoms with Gasteiger partial charge in [-0.05, 0) is 35.7 Å². The van der Waals surface area contributed by atoms with Crippen LogP contribution in [0.25, 0.3) is 11.3 Å². The lowest BCUT2D eigenvalue weighted by molar-refractivity contribution is 0.484. The molecule has 26 heavy (non-hydrogen) atoms. The van der Waals surface area contributed by atoms with E-state index < -0.39 is 0 Å². The summed E-state index contributed by atoms with van der Waals surface area (Å²) in [5, 5.41) is 9.42. The van der Waals surface area contributed by atoms with Crippen molar-refractivity contribution in [3.05, 3.63) is 59.7 Å². The zero-order valence-corrected chi connectivity index (χ0v) is 14.6. The Bertz CT molecular complexity index is 974. The number of nitrogens with two attached hydrogens (primary N) is 2. The second kappa shape index (κ2) is 7.11. The summed E-state index contributed by atoms with van der Waals surface area (Å²) in [6, 6.07) is 17.2. The van der Waals surface area contributed by atoms with Crippen molar-refractivity contribution in [2.75, 3.05) is 11.5 Å². The van der Waals surface area contributed by atoms with Gasteiger partial charge in [-0.15, -0.1) is 0 Å². The molecular formula is C20H19N5O. The van der Waals surface area contributed by atoms with Gasteiger partial charge >= 0.3 is 0 Å². The molecule has 0 aliphatic carbocycles. The molecule has 0 aliphatic heterocycles. The summed E-state index contributed by atoms with van der Waals surface area (Å²) in [7, 11) is 0. The Hall–Kier alpha value is -3.59. The van der Waals surface area contributed by atoms with Crippen molar-refractivity contribution in [1.29, 1.82) is 5.26 Å². The third kappa shape index (κ3) is 3.42. The second-order valence-electron chi connectivity index (χ2n) is 6.12. The highest BCUT2D eigenvalue weighted by Crippen LogP contribution is 2.35. The normalized spacial score (nSPS) is 10.5. The van der Waals surface area contributed by atoms with E-state index in [-0.39, 0.29) is 17.3 Å². The Labute approximate surface area is 152 Å². The number of aromatic nitrogens is 2. The summed E-state index contributed by atoms with van der Waals surface area (Å²) < 4.78 is 6.03. The first-order valence-electron chi connectivity index (χ1n) is 8.20. The third-order valence-corrected chi connectivity index (χ3v) is 3.98. The van der Waals surface area contributed by atoms with Gasteiger partial charge in [0.05, 0.1) is 5.69 Å². The maximum absolute atomic E-state index is 9.42. The minimum Gasteiger partial charge on any atom is -0.457 e. The molecule has 6 nitrogen and oxygen atoms in total. The zero-order valence-electron chi connectivity index (χ0n) is 14.6. The molecular weight excluding hydrogens is 326 g/mol. The van der Waals surface area contributed by atoms with Crippen LogP contribution in [0.15, 0.2) is 48.5 Å². The topological polar surface area (TPSA) is 111 Å². The van der Waals surface area contributed by atoms with Crippen molar-refractivity contribution in [2.45, 2.75) is 19.8 Å². The lowest BCUT2D eigenvalue weighted by Gasteiger charge is -2.13. The van der Waals surface area contributed by atoms with Gasteiger partial charge in [-0.25, -0.2) is 4.98 Å². The number of rotatable bonds is 4. The summed E-state index contributed by atoms with van der Waals surface area (Å²) in [5.41, 5.74) is 13.9. The fourth-order valence-electron chi connectivity index (χ4n) is 2.60. The van der Waals surface area contributed by atoms with Crippen LogP contribution in [0.3, 0.4) is 0 Å². The number of hydrogen-bond acceptors (Lipinski definition) is 6. The fourth-order valence-corrected chi connectivity index (χ4v) is 2.60. The molecule has 4 N–H and O–H groups in total. The molecule has 0 bridgehead atoms. The van der Waals surface area contributed by atoms with Crippen LogP contribution in [-0.2, 0) is 0 Å². The van der Waals surface area contributed by atoms with Crippen molar-refractivity contribution in [3.63, 3.8) is 0 Å². The van der Waals surface area contributed by atoms with E-state index in [0.717, 1.165) is 0 Å². The van der Waals surface area contributed by atoms with Crippen molar-refractivity contribution >= 4 is 11.8 Å². The minimum absolute atomic E-state index is 0.00703. The van der Waals surface area contributed by atoms with Crippen LogP contribution in [0.4, 0.5) is 11.8 Å². The van der Waals surface area contributed by atoms with E-state index in [0.29, 0.717) is 28.7 Å². The molecule has 1 aromatic heterocycles. The van der Waals surface area contributed by atoms with E-state index in [4.69, 9.17) is 16.2 Å². The highest BCUT2D eigenvalue weighted by atomic mass is 16.5. The number of nitrogen functional groups attached to an aromatic ring is 2. The van der Waals surface area contributed by atoms with Crippen molar-refractivity contribution in [1.82, 2.24) is 9.97 Å². The molecule has 0 unspecified atom stereocenters. The maximum Gasteiger partial charge on any atom is 0.222 e. The second-order valence-corrected chi connectivity index (χ2v) is 6.12. The molecule has 0 spiro atoms. The van der Waals surface area contributed by atoms with Gasteiger partial charge in [0.2, 0.25) is 5.95 Å². The Morgan fingerprint density at radius 1 is 1.00 bits per heavy atom. The van der Waals surface area contributed by atoms with E-state index in [1.54, 1.807) is 12.1 Å². The molecule has 3 aromatic rings. The number of nitrogens with zero attached hydrogens (tertiary/aromatic N) is 3. The van der Waals surface area contributed by atoms with Gasteiger partial charge in [-0.1, -0.05) is 38.1 Å². The molecule has 2 aromatic carbocycles. The quantitative estimate of drug-likeness (QED) is 0.736. The standard InChI is InChI=1S/C20H19N5O/c1-12(2)13-7-9-14(10-8-13)26-17-6-4-3-5-15(17)18-16(11-21)19(22)25-20(23)24-18/h3-10,12H,1-2H3,(H4,22,23,24,25). The minimum atomic E-state index is 0.00703. The Morgan fingerprint density at radius 2 is 1.69 bits per heavy atom. The van der Waals surface area contributed by atoms with Crippen LogP contribution in [0, 0.1) is 11.3 Å². The van der Waals surface area contributed by atoms with E-state index in [2.05, 4.69) is 23.8 Å². The number of hydrogen-bond donors (Lipinski definition) is 2. The van der Waals surface area contributed by atoms with Gasteiger partial charge in [0, 0.05) is 5.56 Å². The highest BCUT2D eigenvalue weighted by Gasteiger charge is 2.17. The van der Waals surface area contributed by atoms with Gasteiger partial charge in [-0.2, -0.15) is 10.2 Å². The molecule has 6 heteroatoms.